The molecule has 0 saturated heterocycles. The molecule has 0 radical (unpaired) electrons. The fraction of sp³-hybridized carbons (Fsp3) is 0.400. The zero-order valence-electron chi connectivity index (χ0n) is 14.2. The first-order valence-corrected chi connectivity index (χ1v) is 8.57. The summed E-state index contributed by atoms with van der Waals surface area (Å²) in [4.78, 5) is 12.1. The molecule has 1 aliphatic heterocycles. The van der Waals surface area contributed by atoms with Crippen LogP contribution in [-0.2, 0) is 10.2 Å². The molecule has 0 saturated carbocycles. The van der Waals surface area contributed by atoms with Gasteiger partial charge >= 0.3 is 6.29 Å². The van der Waals surface area contributed by atoms with Crippen LogP contribution < -0.4 is 20.6 Å². The van der Waals surface area contributed by atoms with E-state index in [9.17, 15) is 13.6 Å². The molecule has 0 unspecified atom stereocenters. The smallest absolute Gasteiger partial charge is 0.395 e. The quantitative estimate of drug-likeness (QED) is 0.615. The van der Waals surface area contributed by atoms with Crippen LogP contribution in [0.5, 0.6) is 11.5 Å². The van der Waals surface area contributed by atoms with E-state index in [-0.39, 0.29) is 28.6 Å². The molecule has 0 fully saturated rings. The number of rotatable bonds is 4. The molecule has 3 N–H and O–H groups in total. The Morgan fingerprint density at radius 2 is 2.00 bits per heavy atom. The summed E-state index contributed by atoms with van der Waals surface area (Å²) in [6.45, 7) is 5.85. The number of anilines is 1. The Morgan fingerprint density at radius 1 is 1.31 bits per heavy atom. The van der Waals surface area contributed by atoms with Crippen molar-refractivity contribution in [2.45, 2.75) is 37.6 Å². The number of hydrogen-bond acceptors (Lipinski definition) is 7. The van der Waals surface area contributed by atoms with E-state index in [2.05, 4.69) is 25.0 Å². The number of nitrogens with two attached hydrogens (primary N) is 1. The molecular weight excluding hydrogens is 368 g/mol. The van der Waals surface area contributed by atoms with Gasteiger partial charge in [0.25, 0.3) is 0 Å². The molecule has 0 atom stereocenters. The minimum Gasteiger partial charge on any atom is -0.395 e. The Morgan fingerprint density at radius 3 is 2.65 bits per heavy atom. The van der Waals surface area contributed by atoms with Gasteiger partial charge in [0.1, 0.15) is 0 Å². The number of nitrogens with one attached hydrogen (secondary N) is 1. The number of fused-ring (bicyclic) bond motifs is 1. The number of nitrogens with zero attached hydrogens (tertiary/aromatic N) is 3. The molecule has 140 valence electrons. The second-order valence-electron chi connectivity index (χ2n) is 6.59. The molecule has 1 aliphatic rings. The molecule has 2 aromatic rings. The predicted octanol–water partition coefficient (Wildman–Crippen LogP) is 2.34. The Labute approximate surface area is 152 Å². The van der Waals surface area contributed by atoms with E-state index < -0.39 is 6.29 Å². The molecule has 0 spiro atoms. The standard InChI is InChI=1S/C15H17F2N5O3S/c1-14(2,3)12-20-21-13(22(12)18)26-7-11(23)19-8-4-5-9-10(6-8)25-15(16,17)24-9/h4-6H,7,18H2,1-3H3,(H,19,23). The number of alkyl halides is 2. The highest BCUT2D eigenvalue weighted by atomic mass is 32.2. The lowest BCUT2D eigenvalue weighted by molar-refractivity contribution is -0.286. The molecule has 1 aromatic heterocycles. The van der Waals surface area contributed by atoms with Gasteiger partial charge in [0.15, 0.2) is 17.3 Å². The fourth-order valence-corrected chi connectivity index (χ4v) is 2.90. The average molecular weight is 385 g/mol. The lowest BCUT2D eigenvalue weighted by Crippen LogP contribution is -2.25. The largest absolute Gasteiger partial charge is 0.586 e. The molecule has 3 rings (SSSR count). The van der Waals surface area contributed by atoms with E-state index in [1.807, 2.05) is 20.8 Å². The fourth-order valence-electron chi connectivity index (χ4n) is 2.24. The third kappa shape index (κ3) is 3.82. The van der Waals surface area contributed by atoms with E-state index in [1.54, 1.807) is 0 Å². The Hall–Kier alpha value is -2.56. The summed E-state index contributed by atoms with van der Waals surface area (Å²) in [5, 5.41) is 11.0. The number of aromatic nitrogens is 3. The number of nitrogen functional groups attached to an aromatic ring is 1. The van der Waals surface area contributed by atoms with Crippen molar-refractivity contribution in [2.75, 3.05) is 16.9 Å². The van der Waals surface area contributed by atoms with E-state index in [1.165, 1.54) is 22.9 Å². The summed E-state index contributed by atoms with van der Waals surface area (Å²) < 4.78 is 36.0. The van der Waals surface area contributed by atoms with Crippen LogP contribution in [0.25, 0.3) is 0 Å². The third-order valence-corrected chi connectivity index (χ3v) is 4.30. The number of halogens is 2. The number of benzene rings is 1. The molecule has 0 bridgehead atoms. The van der Waals surface area contributed by atoms with Gasteiger partial charge in [-0.3, -0.25) is 4.79 Å². The first-order valence-electron chi connectivity index (χ1n) is 7.59. The van der Waals surface area contributed by atoms with Gasteiger partial charge in [-0.05, 0) is 12.1 Å². The number of carbonyl (C=O) groups excluding carboxylic acids is 1. The van der Waals surface area contributed by atoms with Crippen LogP contribution in [0.1, 0.15) is 26.6 Å². The zero-order chi connectivity index (χ0) is 19.1. The molecular formula is C15H17F2N5O3S. The lowest BCUT2D eigenvalue weighted by Gasteiger charge is -2.16. The second-order valence-corrected chi connectivity index (χ2v) is 7.53. The highest BCUT2D eigenvalue weighted by Crippen LogP contribution is 2.42. The first-order chi connectivity index (χ1) is 12.0. The van der Waals surface area contributed by atoms with E-state index in [0.717, 1.165) is 11.8 Å². The van der Waals surface area contributed by atoms with Crippen molar-refractivity contribution in [1.29, 1.82) is 0 Å². The number of ether oxygens (including phenoxy) is 2. The maximum Gasteiger partial charge on any atom is 0.586 e. The van der Waals surface area contributed by atoms with Gasteiger partial charge in [0.2, 0.25) is 11.1 Å². The highest BCUT2D eigenvalue weighted by molar-refractivity contribution is 7.99. The Balaban J connectivity index is 1.60. The van der Waals surface area contributed by atoms with Crippen LogP contribution in [0.4, 0.5) is 14.5 Å². The van der Waals surface area contributed by atoms with Gasteiger partial charge in [-0.25, -0.2) is 4.68 Å². The SMILES string of the molecule is CC(C)(C)c1nnc(SCC(=O)Nc2ccc3c(c2)OC(F)(F)O3)n1N. The monoisotopic (exact) mass is 385 g/mol. The summed E-state index contributed by atoms with van der Waals surface area (Å²) in [5.41, 5.74) is 0.0254. The van der Waals surface area contributed by atoms with Crippen LogP contribution in [-0.4, -0.2) is 32.8 Å². The summed E-state index contributed by atoms with van der Waals surface area (Å²) in [5.74, 6) is 5.97. The van der Waals surface area contributed by atoms with Crippen molar-refractivity contribution < 1.29 is 23.0 Å². The van der Waals surface area contributed by atoms with Crippen LogP contribution >= 0.6 is 11.8 Å². The second kappa shape index (κ2) is 6.31. The minimum absolute atomic E-state index is 0.0179. The molecule has 8 nitrogen and oxygen atoms in total. The van der Waals surface area contributed by atoms with Crippen LogP contribution in [0.2, 0.25) is 0 Å². The number of carbonyl (C=O) groups is 1. The van der Waals surface area contributed by atoms with Gasteiger partial charge in [-0.15, -0.1) is 19.0 Å². The molecule has 0 aliphatic carbocycles. The minimum atomic E-state index is -3.70. The summed E-state index contributed by atoms with van der Waals surface area (Å²) in [7, 11) is 0. The number of amides is 1. The van der Waals surface area contributed by atoms with Crippen molar-refractivity contribution in [3.05, 3.63) is 24.0 Å². The summed E-state index contributed by atoms with van der Waals surface area (Å²) in [6.07, 6.45) is -3.70. The molecule has 1 amide bonds. The van der Waals surface area contributed by atoms with Gasteiger partial charge < -0.3 is 20.6 Å². The van der Waals surface area contributed by atoms with Crippen molar-refractivity contribution >= 4 is 23.4 Å². The molecule has 11 heteroatoms. The Bertz CT molecular complexity index is 850. The van der Waals surface area contributed by atoms with Crippen LogP contribution in [0.15, 0.2) is 23.4 Å². The Kier molecular flexibility index (Phi) is 4.42. The first kappa shape index (κ1) is 18.2. The molecule has 1 aromatic carbocycles. The van der Waals surface area contributed by atoms with Gasteiger partial charge in [-0.2, -0.15) is 0 Å². The van der Waals surface area contributed by atoms with Crippen molar-refractivity contribution in [1.82, 2.24) is 14.9 Å². The van der Waals surface area contributed by atoms with E-state index >= 15 is 0 Å². The van der Waals surface area contributed by atoms with E-state index in [4.69, 9.17) is 5.84 Å². The van der Waals surface area contributed by atoms with Gasteiger partial charge in [0, 0.05) is 17.2 Å². The number of thioether (sulfide) groups is 1. The van der Waals surface area contributed by atoms with E-state index in [0.29, 0.717) is 16.7 Å². The van der Waals surface area contributed by atoms with Crippen molar-refractivity contribution in [2.24, 2.45) is 0 Å². The van der Waals surface area contributed by atoms with Crippen molar-refractivity contribution in [3.8, 4) is 11.5 Å². The topological polar surface area (TPSA) is 104 Å². The molecule has 2 heterocycles. The van der Waals surface area contributed by atoms with Crippen molar-refractivity contribution in [3.63, 3.8) is 0 Å². The van der Waals surface area contributed by atoms with Crippen LogP contribution in [0, 0.1) is 0 Å². The zero-order valence-corrected chi connectivity index (χ0v) is 15.1. The normalized spacial score (nSPS) is 15.1. The lowest BCUT2D eigenvalue weighted by atomic mass is 9.96. The third-order valence-electron chi connectivity index (χ3n) is 3.35. The molecule has 26 heavy (non-hydrogen) atoms. The summed E-state index contributed by atoms with van der Waals surface area (Å²) in [6, 6.07) is 4.00. The average Bonchev–Trinajstić information content (AvgIpc) is 3.02. The van der Waals surface area contributed by atoms with Gasteiger partial charge in [0.05, 0.1) is 5.75 Å². The predicted molar refractivity (Wildman–Crippen MR) is 90.9 cm³/mol. The summed E-state index contributed by atoms with van der Waals surface area (Å²) >= 11 is 1.11. The number of hydrogen-bond donors (Lipinski definition) is 2. The van der Waals surface area contributed by atoms with Crippen LogP contribution in [0.3, 0.4) is 0 Å². The highest BCUT2D eigenvalue weighted by Gasteiger charge is 2.43. The maximum atomic E-state index is 13.0. The maximum absolute atomic E-state index is 13.0. The van der Waals surface area contributed by atoms with Gasteiger partial charge in [-0.1, -0.05) is 32.5 Å².